The second-order valence-electron chi connectivity index (χ2n) is 8.51. The molecule has 1 amide bonds. The van der Waals surface area contributed by atoms with E-state index in [2.05, 4.69) is 39.2 Å². The van der Waals surface area contributed by atoms with Crippen LogP contribution in [0.4, 0.5) is 0 Å². The molecule has 2 rings (SSSR count). The number of hydrogen-bond donors (Lipinski definition) is 1. The van der Waals surface area contributed by atoms with Crippen LogP contribution in [0.5, 0.6) is 0 Å². The molecule has 28 heavy (non-hydrogen) atoms. The number of hydrogen-bond acceptors (Lipinski definition) is 4. The van der Waals surface area contributed by atoms with E-state index in [0.29, 0.717) is 18.6 Å². The Morgan fingerprint density at radius 1 is 1.07 bits per heavy atom. The smallest absolute Gasteiger partial charge is 0.328 e. The van der Waals surface area contributed by atoms with Gasteiger partial charge in [0.2, 0.25) is 0 Å². The van der Waals surface area contributed by atoms with Crippen LogP contribution in [0.3, 0.4) is 0 Å². The number of amides is 1. The molecule has 5 nitrogen and oxygen atoms in total. The zero-order valence-electron chi connectivity index (χ0n) is 17.7. The van der Waals surface area contributed by atoms with Gasteiger partial charge in [-0.05, 0) is 41.0 Å². The first-order valence-electron chi connectivity index (χ1n) is 9.56. The summed E-state index contributed by atoms with van der Waals surface area (Å²) >= 11 is 0. The molecule has 0 saturated carbocycles. The molecule has 1 atom stereocenters. The topological polar surface area (TPSA) is 64.6 Å². The molecule has 1 N–H and O–H groups in total. The molecule has 0 radical (unpaired) electrons. The van der Waals surface area contributed by atoms with Crippen LogP contribution in [0, 0.1) is 0 Å². The molecule has 0 aliphatic rings. The summed E-state index contributed by atoms with van der Waals surface area (Å²) in [6, 6.07) is 12.6. The van der Waals surface area contributed by atoms with Gasteiger partial charge in [0, 0.05) is 18.6 Å². The molecule has 2 aromatic carbocycles. The molecular weight excluding hydrogens is 370 g/mol. The fourth-order valence-corrected chi connectivity index (χ4v) is 3.67. The molecule has 152 valence electrons. The molecule has 0 aromatic heterocycles. The SMILES string of the molecule is COC(=O)[C@@H](CCO[Si](C)(C)C(C)(C)C)NC(=O)c1ccc2ccccc2c1. The van der Waals surface area contributed by atoms with Crippen LogP contribution in [0.25, 0.3) is 10.8 Å². The lowest BCUT2D eigenvalue weighted by Crippen LogP contribution is -2.45. The van der Waals surface area contributed by atoms with Gasteiger partial charge in [-0.1, -0.05) is 51.1 Å². The molecular formula is C22H31NO4Si. The molecule has 6 heteroatoms. The Morgan fingerprint density at radius 3 is 2.32 bits per heavy atom. The summed E-state index contributed by atoms with van der Waals surface area (Å²) in [5.74, 6) is -0.763. The maximum absolute atomic E-state index is 12.7. The summed E-state index contributed by atoms with van der Waals surface area (Å²) < 4.78 is 11.0. The lowest BCUT2D eigenvalue weighted by Gasteiger charge is -2.36. The van der Waals surface area contributed by atoms with Crippen LogP contribution in [-0.2, 0) is 14.0 Å². The third-order valence-corrected chi connectivity index (χ3v) is 10.0. The Balaban J connectivity index is 2.06. The van der Waals surface area contributed by atoms with Crippen molar-refractivity contribution in [2.75, 3.05) is 13.7 Å². The Kier molecular flexibility index (Phi) is 7.01. The minimum absolute atomic E-state index is 0.0854. The molecule has 0 unspecified atom stereocenters. The second-order valence-corrected chi connectivity index (χ2v) is 13.3. The summed E-state index contributed by atoms with van der Waals surface area (Å²) in [5, 5.41) is 4.92. The third kappa shape index (κ3) is 5.42. The van der Waals surface area contributed by atoms with Gasteiger partial charge in [-0.15, -0.1) is 0 Å². The molecule has 0 fully saturated rings. The first-order chi connectivity index (χ1) is 13.0. The Labute approximate surface area is 168 Å². The number of carbonyl (C=O) groups excluding carboxylic acids is 2. The highest BCUT2D eigenvalue weighted by atomic mass is 28.4. The van der Waals surface area contributed by atoms with E-state index in [9.17, 15) is 9.59 Å². The van der Waals surface area contributed by atoms with Gasteiger partial charge in [0.1, 0.15) is 6.04 Å². The largest absolute Gasteiger partial charge is 0.467 e. The summed E-state index contributed by atoms with van der Waals surface area (Å²) in [4.78, 5) is 24.8. The van der Waals surface area contributed by atoms with Crippen molar-refractivity contribution in [1.29, 1.82) is 0 Å². The molecule has 0 aliphatic heterocycles. The van der Waals surface area contributed by atoms with Crippen LogP contribution in [0.1, 0.15) is 37.6 Å². The second kappa shape index (κ2) is 8.88. The van der Waals surface area contributed by atoms with Crippen LogP contribution >= 0.6 is 0 Å². The van der Waals surface area contributed by atoms with Crippen molar-refractivity contribution in [3.05, 3.63) is 48.0 Å². The number of fused-ring (bicyclic) bond motifs is 1. The highest BCUT2D eigenvalue weighted by Crippen LogP contribution is 2.36. The van der Waals surface area contributed by atoms with Crippen molar-refractivity contribution >= 4 is 31.0 Å². The van der Waals surface area contributed by atoms with E-state index < -0.39 is 20.3 Å². The number of rotatable bonds is 7. The minimum atomic E-state index is -1.92. The monoisotopic (exact) mass is 401 g/mol. The van der Waals surface area contributed by atoms with Crippen molar-refractivity contribution < 1.29 is 18.8 Å². The molecule has 0 aliphatic carbocycles. The highest BCUT2D eigenvalue weighted by molar-refractivity contribution is 6.74. The number of nitrogens with one attached hydrogen (secondary N) is 1. The molecule has 0 bridgehead atoms. The van der Waals surface area contributed by atoms with Gasteiger partial charge in [-0.25, -0.2) is 4.79 Å². The lowest BCUT2D eigenvalue weighted by molar-refractivity contribution is -0.143. The van der Waals surface area contributed by atoms with Gasteiger partial charge in [0.05, 0.1) is 7.11 Å². The number of carbonyl (C=O) groups is 2. The number of esters is 1. The number of methoxy groups -OCH3 is 1. The fourth-order valence-electron chi connectivity index (χ4n) is 2.61. The predicted molar refractivity (Wildman–Crippen MR) is 115 cm³/mol. The van der Waals surface area contributed by atoms with Crippen molar-refractivity contribution in [3.63, 3.8) is 0 Å². The van der Waals surface area contributed by atoms with Gasteiger partial charge in [-0.3, -0.25) is 4.79 Å². The Morgan fingerprint density at radius 2 is 1.71 bits per heavy atom. The first-order valence-corrected chi connectivity index (χ1v) is 12.5. The highest BCUT2D eigenvalue weighted by Gasteiger charge is 2.37. The molecule has 0 heterocycles. The van der Waals surface area contributed by atoms with Crippen LogP contribution in [-0.4, -0.2) is 40.0 Å². The van der Waals surface area contributed by atoms with Gasteiger partial charge in [0.25, 0.3) is 5.91 Å². The summed E-state index contributed by atoms with van der Waals surface area (Å²) in [7, 11) is -0.590. The van der Waals surface area contributed by atoms with E-state index in [0.717, 1.165) is 10.8 Å². The Bertz CT molecular complexity index is 842. The minimum Gasteiger partial charge on any atom is -0.467 e. The van der Waals surface area contributed by atoms with Crippen LogP contribution in [0.2, 0.25) is 18.1 Å². The zero-order valence-corrected chi connectivity index (χ0v) is 18.7. The third-order valence-electron chi connectivity index (χ3n) is 5.48. The van der Waals surface area contributed by atoms with Gasteiger partial charge in [0.15, 0.2) is 8.32 Å². The maximum Gasteiger partial charge on any atom is 0.328 e. The van der Waals surface area contributed by atoms with E-state index in [4.69, 9.17) is 9.16 Å². The summed E-state index contributed by atoms with van der Waals surface area (Å²) in [6.45, 7) is 11.2. The number of benzene rings is 2. The normalized spacial score (nSPS) is 13.2. The molecule has 0 spiro atoms. The first kappa shape index (κ1) is 22.1. The van der Waals surface area contributed by atoms with E-state index in [1.165, 1.54) is 7.11 Å². The summed E-state index contributed by atoms with van der Waals surface area (Å²) in [5.41, 5.74) is 0.512. The Hall–Kier alpha value is -2.18. The van der Waals surface area contributed by atoms with E-state index >= 15 is 0 Å². The van der Waals surface area contributed by atoms with E-state index in [-0.39, 0.29) is 10.9 Å². The lowest BCUT2D eigenvalue weighted by atomic mass is 10.1. The summed E-state index contributed by atoms with van der Waals surface area (Å²) in [6.07, 6.45) is 0.374. The van der Waals surface area contributed by atoms with Crippen LogP contribution < -0.4 is 5.32 Å². The molecule has 2 aromatic rings. The van der Waals surface area contributed by atoms with Crippen molar-refractivity contribution in [3.8, 4) is 0 Å². The number of ether oxygens (including phenoxy) is 1. The standard InChI is InChI=1S/C22H31NO4Si/c1-22(2,3)28(5,6)27-14-13-19(21(25)26-4)23-20(24)18-12-11-16-9-7-8-10-17(16)15-18/h7-12,15,19H,13-14H2,1-6H3,(H,23,24)/t19-/m1/s1. The fraction of sp³-hybridized carbons (Fsp3) is 0.455. The van der Waals surface area contributed by atoms with E-state index in [1.54, 1.807) is 6.07 Å². The maximum atomic E-state index is 12.7. The average molecular weight is 402 g/mol. The van der Waals surface area contributed by atoms with Crippen LogP contribution in [0.15, 0.2) is 42.5 Å². The average Bonchev–Trinajstić information content (AvgIpc) is 2.65. The van der Waals surface area contributed by atoms with Gasteiger partial charge >= 0.3 is 5.97 Å². The zero-order chi connectivity index (χ0) is 20.9. The van der Waals surface area contributed by atoms with Crippen molar-refractivity contribution in [1.82, 2.24) is 5.32 Å². The van der Waals surface area contributed by atoms with E-state index in [1.807, 2.05) is 36.4 Å². The molecule has 0 saturated heterocycles. The van der Waals surface area contributed by atoms with Crippen molar-refractivity contribution in [2.45, 2.75) is 51.4 Å². The quantitative estimate of drug-likeness (QED) is 0.547. The van der Waals surface area contributed by atoms with Gasteiger partial charge in [-0.2, -0.15) is 0 Å². The van der Waals surface area contributed by atoms with Crippen molar-refractivity contribution in [2.24, 2.45) is 0 Å². The predicted octanol–water partition coefficient (Wildman–Crippen LogP) is 4.52. The van der Waals surface area contributed by atoms with Gasteiger partial charge < -0.3 is 14.5 Å².